The minimum absolute atomic E-state index is 0.123. The molecular formula is C20H24N4O3. The maximum Gasteiger partial charge on any atom is 0.349 e. The van der Waals surface area contributed by atoms with Crippen LogP contribution in [0.5, 0.6) is 0 Å². The van der Waals surface area contributed by atoms with Gasteiger partial charge in [0.1, 0.15) is 17.2 Å². The van der Waals surface area contributed by atoms with Crippen LogP contribution in [0.4, 0.5) is 5.69 Å². The average Bonchev–Trinajstić information content (AvgIpc) is 2.64. The Morgan fingerprint density at radius 1 is 1.26 bits per heavy atom. The highest BCUT2D eigenvalue weighted by atomic mass is 16.5. The van der Waals surface area contributed by atoms with E-state index in [4.69, 9.17) is 4.74 Å². The summed E-state index contributed by atoms with van der Waals surface area (Å²) in [4.78, 5) is 25.9. The number of nitrogens with one attached hydrogen (secondary N) is 1. The standard InChI is InChI=1S/C20H24N4O3/c1-14(2)20(3,13-22)23-18(25)12-27-19(26)16(11-21)10-15-6-8-17(9-7-15)24(4)5/h6-10,14H,12H2,1-5H3,(H,23,25)/b16-10+/t20-/m1/s1. The van der Waals surface area contributed by atoms with Crippen molar-refractivity contribution >= 4 is 23.6 Å². The first kappa shape index (κ1) is 21.7. The van der Waals surface area contributed by atoms with Gasteiger partial charge in [-0.1, -0.05) is 26.0 Å². The van der Waals surface area contributed by atoms with Crippen molar-refractivity contribution in [1.29, 1.82) is 10.5 Å². The fraction of sp³-hybridized carbons (Fsp3) is 0.400. The highest BCUT2D eigenvalue weighted by Crippen LogP contribution is 2.16. The number of esters is 1. The molecule has 0 spiro atoms. The molecule has 0 aromatic heterocycles. The lowest BCUT2D eigenvalue weighted by Gasteiger charge is -2.27. The number of amides is 1. The second-order valence-corrected chi connectivity index (χ2v) is 6.75. The molecule has 0 fully saturated rings. The zero-order valence-electron chi connectivity index (χ0n) is 16.2. The fourth-order valence-electron chi connectivity index (χ4n) is 2.01. The molecule has 1 aromatic carbocycles. The van der Waals surface area contributed by atoms with Crippen LogP contribution in [0.3, 0.4) is 0 Å². The summed E-state index contributed by atoms with van der Waals surface area (Å²) >= 11 is 0. The van der Waals surface area contributed by atoms with Gasteiger partial charge in [0.15, 0.2) is 6.61 Å². The molecule has 1 atom stereocenters. The number of hydrogen-bond acceptors (Lipinski definition) is 6. The molecule has 0 bridgehead atoms. The minimum Gasteiger partial charge on any atom is -0.451 e. The summed E-state index contributed by atoms with van der Waals surface area (Å²) in [6.45, 7) is 4.62. The Morgan fingerprint density at radius 3 is 2.30 bits per heavy atom. The first-order valence-corrected chi connectivity index (χ1v) is 8.41. The van der Waals surface area contributed by atoms with Gasteiger partial charge in [0.2, 0.25) is 0 Å². The molecule has 0 aliphatic rings. The lowest BCUT2D eigenvalue weighted by atomic mass is 9.90. The highest BCUT2D eigenvalue weighted by Gasteiger charge is 2.30. The quantitative estimate of drug-likeness (QED) is 0.449. The van der Waals surface area contributed by atoms with E-state index in [0.29, 0.717) is 5.56 Å². The van der Waals surface area contributed by atoms with Gasteiger partial charge < -0.3 is 15.0 Å². The predicted molar refractivity (Wildman–Crippen MR) is 102 cm³/mol. The second kappa shape index (κ2) is 9.40. The third-order valence-corrected chi connectivity index (χ3v) is 4.18. The van der Waals surface area contributed by atoms with Gasteiger partial charge in [0.05, 0.1) is 6.07 Å². The zero-order valence-corrected chi connectivity index (χ0v) is 16.2. The summed E-state index contributed by atoms with van der Waals surface area (Å²) in [6, 6.07) is 11.1. The maximum atomic E-state index is 12.1. The Balaban J connectivity index is 2.75. The van der Waals surface area contributed by atoms with Crippen molar-refractivity contribution in [2.24, 2.45) is 5.92 Å². The van der Waals surface area contributed by atoms with Gasteiger partial charge in [0.25, 0.3) is 5.91 Å². The maximum absolute atomic E-state index is 12.1. The first-order valence-electron chi connectivity index (χ1n) is 8.41. The zero-order chi connectivity index (χ0) is 20.6. The molecule has 7 heteroatoms. The van der Waals surface area contributed by atoms with Gasteiger partial charge in [0, 0.05) is 19.8 Å². The Morgan fingerprint density at radius 2 is 1.85 bits per heavy atom. The van der Waals surface area contributed by atoms with E-state index in [1.54, 1.807) is 39.0 Å². The van der Waals surface area contributed by atoms with E-state index in [-0.39, 0.29) is 11.5 Å². The molecule has 1 aromatic rings. The molecule has 1 N–H and O–H groups in total. The van der Waals surface area contributed by atoms with Crippen molar-refractivity contribution in [1.82, 2.24) is 5.32 Å². The van der Waals surface area contributed by atoms with Gasteiger partial charge in [-0.05, 0) is 36.6 Å². The van der Waals surface area contributed by atoms with Crippen LogP contribution in [-0.4, -0.2) is 38.1 Å². The van der Waals surface area contributed by atoms with Crippen LogP contribution in [0.1, 0.15) is 26.3 Å². The number of carbonyl (C=O) groups excluding carboxylic acids is 2. The monoisotopic (exact) mass is 368 g/mol. The highest BCUT2D eigenvalue weighted by molar-refractivity contribution is 5.98. The molecule has 1 amide bonds. The molecule has 0 unspecified atom stereocenters. The first-order chi connectivity index (χ1) is 12.6. The van der Waals surface area contributed by atoms with Crippen LogP contribution >= 0.6 is 0 Å². The van der Waals surface area contributed by atoms with Crippen LogP contribution < -0.4 is 10.2 Å². The number of anilines is 1. The predicted octanol–water partition coefficient (Wildman–Crippen LogP) is 2.26. The molecule has 0 heterocycles. The second-order valence-electron chi connectivity index (χ2n) is 6.75. The Labute approximate surface area is 159 Å². The lowest BCUT2D eigenvalue weighted by Crippen LogP contribution is -2.50. The molecular weight excluding hydrogens is 344 g/mol. The number of ether oxygens (including phenoxy) is 1. The molecule has 0 radical (unpaired) electrons. The molecule has 1 rings (SSSR count). The summed E-state index contributed by atoms with van der Waals surface area (Å²) in [5, 5.41) is 20.9. The van der Waals surface area contributed by atoms with Crippen LogP contribution in [0.25, 0.3) is 6.08 Å². The number of nitriles is 2. The summed E-state index contributed by atoms with van der Waals surface area (Å²) in [5.74, 6) is -1.62. The number of rotatable bonds is 7. The van der Waals surface area contributed by atoms with E-state index in [2.05, 4.69) is 5.32 Å². The number of carbonyl (C=O) groups is 2. The minimum atomic E-state index is -1.06. The Hall–Kier alpha value is -3.32. The third kappa shape index (κ3) is 6.16. The van der Waals surface area contributed by atoms with Gasteiger partial charge in [-0.3, -0.25) is 4.79 Å². The topological polar surface area (TPSA) is 106 Å². The molecule has 0 saturated heterocycles. The fourth-order valence-corrected chi connectivity index (χ4v) is 2.01. The van der Waals surface area contributed by atoms with Crippen molar-refractivity contribution < 1.29 is 14.3 Å². The van der Waals surface area contributed by atoms with Crippen molar-refractivity contribution in [3.8, 4) is 12.1 Å². The van der Waals surface area contributed by atoms with Crippen molar-refractivity contribution in [2.75, 3.05) is 25.6 Å². The average molecular weight is 368 g/mol. The molecule has 0 aliphatic carbocycles. The van der Waals surface area contributed by atoms with Crippen LogP contribution in [0.2, 0.25) is 0 Å². The molecule has 0 aliphatic heterocycles. The van der Waals surface area contributed by atoms with Gasteiger partial charge >= 0.3 is 5.97 Å². The SMILES string of the molecule is CC(C)[C@@](C)(C#N)NC(=O)COC(=O)/C(C#N)=C/c1ccc(N(C)C)cc1. The van der Waals surface area contributed by atoms with Crippen LogP contribution in [0.15, 0.2) is 29.8 Å². The summed E-state index contributed by atoms with van der Waals surface area (Å²) in [5.41, 5.74) is 0.365. The van der Waals surface area contributed by atoms with Crippen molar-refractivity contribution in [3.05, 3.63) is 35.4 Å². The van der Waals surface area contributed by atoms with E-state index in [1.165, 1.54) is 6.08 Å². The molecule has 7 nitrogen and oxygen atoms in total. The smallest absolute Gasteiger partial charge is 0.349 e. The largest absolute Gasteiger partial charge is 0.451 e. The summed E-state index contributed by atoms with van der Waals surface area (Å²) in [6.07, 6.45) is 1.40. The Kier molecular flexibility index (Phi) is 7.56. The summed E-state index contributed by atoms with van der Waals surface area (Å²) in [7, 11) is 3.81. The van der Waals surface area contributed by atoms with Crippen LogP contribution in [0, 0.1) is 28.6 Å². The normalized spacial score (nSPS) is 13.1. The molecule has 27 heavy (non-hydrogen) atoms. The molecule has 0 saturated carbocycles. The number of benzene rings is 1. The third-order valence-electron chi connectivity index (χ3n) is 4.18. The van der Waals surface area contributed by atoms with E-state index < -0.39 is 24.0 Å². The Bertz CT molecular complexity index is 798. The van der Waals surface area contributed by atoms with Gasteiger partial charge in [-0.25, -0.2) is 4.79 Å². The van der Waals surface area contributed by atoms with Gasteiger partial charge in [-0.15, -0.1) is 0 Å². The lowest BCUT2D eigenvalue weighted by molar-refractivity contribution is -0.144. The summed E-state index contributed by atoms with van der Waals surface area (Å²) < 4.78 is 4.90. The van der Waals surface area contributed by atoms with E-state index in [9.17, 15) is 20.1 Å². The molecule has 142 valence electrons. The number of nitrogens with zero attached hydrogens (tertiary/aromatic N) is 3. The van der Waals surface area contributed by atoms with E-state index >= 15 is 0 Å². The van der Waals surface area contributed by atoms with Crippen molar-refractivity contribution in [2.45, 2.75) is 26.3 Å². The van der Waals surface area contributed by atoms with E-state index in [0.717, 1.165) is 5.69 Å². The van der Waals surface area contributed by atoms with Crippen LogP contribution in [-0.2, 0) is 14.3 Å². The number of hydrogen-bond donors (Lipinski definition) is 1. The van der Waals surface area contributed by atoms with Crippen molar-refractivity contribution in [3.63, 3.8) is 0 Å². The van der Waals surface area contributed by atoms with E-state index in [1.807, 2.05) is 37.2 Å². The van der Waals surface area contributed by atoms with Gasteiger partial charge in [-0.2, -0.15) is 10.5 Å².